The van der Waals surface area contributed by atoms with Gasteiger partial charge in [0.05, 0.1) is 17.7 Å². The summed E-state index contributed by atoms with van der Waals surface area (Å²) in [7, 11) is 0. The van der Waals surface area contributed by atoms with Crippen LogP contribution in [0, 0.1) is 28.6 Å². The van der Waals surface area contributed by atoms with E-state index >= 15 is 0 Å². The van der Waals surface area contributed by atoms with Gasteiger partial charge in [-0.15, -0.1) is 11.8 Å². The topological polar surface area (TPSA) is 56.9 Å². The zero-order chi connectivity index (χ0) is 13.6. The minimum absolute atomic E-state index is 0.0668. The van der Waals surface area contributed by atoms with Gasteiger partial charge in [-0.05, 0) is 25.5 Å². The molecule has 2 heterocycles. The highest BCUT2D eigenvalue weighted by Crippen LogP contribution is 2.54. The molecule has 0 aliphatic carbocycles. The molecule has 3 nitrogen and oxygen atoms in total. The molecule has 0 unspecified atom stereocenters. The molecule has 3 atom stereocenters. The second-order valence-corrected chi connectivity index (χ2v) is 7.35. The third kappa shape index (κ3) is 1.84. The van der Waals surface area contributed by atoms with Crippen molar-refractivity contribution in [2.24, 2.45) is 11.8 Å². The van der Waals surface area contributed by atoms with Crippen LogP contribution in [0.3, 0.4) is 0 Å². The van der Waals surface area contributed by atoms with Gasteiger partial charge < -0.3 is 4.74 Å². The molecule has 0 saturated carbocycles. The molecule has 4 heteroatoms. The quantitative estimate of drug-likeness (QED) is 0.787. The third-order valence-corrected chi connectivity index (χ3v) is 5.48. The minimum Gasteiger partial charge on any atom is -0.493 e. The number of hydrogen-bond donors (Lipinski definition) is 1. The molecule has 1 aromatic carbocycles. The lowest BCUT2D eigenvalue weighted by Gasteiger charge is -2.48. The van der Waals surface area contributed by atoms with Crippen molar-refractivity contribution in [2.75, 3.05) is 6.61 Å². The number of nitriles is 1. The van der Waals surface area contributed by atoms with Gasteiger partial charge in [0.1, 0.15) is 11.7 Å². The van der Waals surface area contributed by atoms with E-state index in [4.69, 9.17) is 10.1 Å². The Balaban J connectivity index is 2.14. The Kier molecular flexibility index (Phi) is 2.83. The number of para-hydroxylation sites is 1. The maximum Gasteiger partial charge on any atom is 0.122 e. The van der Waals surface area contributed by atoms with Crippen LogP contribution in [0.1, 0.15) is 25.3 Å². The number of benzene rings is 1. The lowest BCUT2D eigenvalue weighted by atomic mass is 9.71. The number of ether oxygens (including phenoxy) is 1. The first-order chi connectivity index (χ1) is 9.04. The predicted molar refractivity (Wildman–Crippen MR) is 76.7 cm³/mol. The average molecular weight is 272 g/mol. The third-order valence-electron chi connectivity index (χ3n) is 4.18. The summed E-state index contributed by atoms with van der Waals surface area (Å²) in [6.45, 7) is 4.93. The smallest absolute Gasteiger partial charge is 0.122 e. The van der Waals surface area contributed by atoms with Crippen LogP contribution in [0.5, 0.6) is 5.75 Å². The minimum atomic E-state index is -0.340. The van der Waals surface area contributed by atoms with E-state index in [1.807, 2.05) is 24.3 Å². The van der Waals surface area contributed by atoms with Crippen LogP contribution in [0.4, 0.5) is 0 Å². The summed E-state index contributed by atoms with van der Waals surface area (Å²) in [5, 5.41) is 18.1. The van der Waals surface area contributed by atoms with Gasteiger partial charge in [-0.25, -0.2) is 0 Å². The first-order valence-electron chi connectivity index (χ1n) is 6.43. The molecular weight excluding hydrogens is 256 g/mol. The van der Waals surface area contributed by atoms with Gasteiger partial charge in [0.2, 0.25) is 0 Å². The number of nitrogens with one attached hydrogen (secondary N) is 1. The van der Waals surface area contributed by atoms with Crippen molar-refractivity contribution in [1.29, 1.82) is 10.7 Å². The summed E-state index contributed by atoms with van der Waals surface area (Å²) in [5.74, 6) is 0.887. The van der Waals surface area contributed by atoms with Gasteiger partial charge in [-0.3, -0.25) is 5.41 Å². The normalized spacial score (nSPS) is 31.6. The maximum atomic E-state index is 9.45. The van der Waals surface area contributed by atoms with Gasteiger partial charge in [-0.1, -0.05) is 18.2 Å². The summed E-state index contributed by atoms with van der Waals surface area (Å²) < 4.78 is 5.80. The van der Waals surface area contributed by atoms with Crippen LogP contribution in [-0.4, -0.2) is 16.4 Å². The largest absolute Gasteiger partial charge is 0.493 e. The van der Waals surface area contributed by atoms with Crippen molar-refractivity contribution in [1.82, 2.24) is 0 Å². The summed E-state index contributed by atoms with van der Waals surface area (Å²) >= 11 is 1.52. The van der Waals surface area contributed by atoms with Gasteiger partial charge >= 0.3 is 0 Å². The Bertz CT molecular complexity index is 576. The number of hydrogen-bond acceptors (Lipinski definition) is 4. The Morgan fingerprint density at radius 3 is 2.89 bits per heavy atom. The lowest BCUT2D eigenvalue weighted by Crippen LogP contribution is -2.48. The number of thioether (sulfide) groups is 1. The molecule has 1 aromatic rings. The first kappa shape index (κ1) is 12.6. The molecule has 2 aliphatic heterocycles. The molecule has 3 rings (SSSR count). The summed E-state index contributed by atoms with van der Waals surface area (Å²) in [6, 6.07) is 10.3. The van der Waals surface area contributed by atoms with E-state index in [1.165, 1.54) is 11.8 Å². The zero-order valence-electron chi connectivity index (χ0n) is 11.0. The van der Waals surface area contributed by atoms with Gasteiger partial charge in [0.15, 0.2) is 0 Å². The summed E-state index contributed by atoms with van der Waals surface area (Å²) in [4.78, 5) is 0. The summed E-state index contributed by atoms with van der Waals surface area (Å²) in [5.41, 5.74) is 1.09. The molecule has 0 aromatic heterocycles. The van der Waals surface area contributed by atoms with Crippen LogP contribution in [0.2, 0.25) is 0 Å². The fourth-order valence-corrected chi connectivity index (χ4v) is 4.42. The maximum absolute atomic E-state index is 9.45. The highest BCUT2D eigenvalue weighted by molar-refractivity contribution is 8.15. The van der Waals surface area contributed by atoms with Crippen LogP contribution < -0.4 is 4.74 Å². The molecule has 0 radical (unpaired) electrons. The van der Waals surface area contributed by atoms with Gasteiger partial charge in [-0.2, -0.15) is 5.26 Å². The van der Waals surface area contributed by atoms with Crippen LogP contribution >= 0.6 is 11.8 Å². The zero-order valence-corrected chi connectivity index (χ0v) is 11.8. The fraction of sp³-hybridized carbons (Fsp3) is 0.467. The molecule has 98 valence electrons. The monoisotopic (exact) mass is 272 g/mol. The molecule has 19 heavy (non-hydrogen) atoms. The van der Waals surface area contributed by atoms with E-state index < -0.39 is 0 Å². The second-order valence-electron chi connectivity index (χ2n) is 5.66. The van der Waals surface area contributed by atoms with Gasteiger partial charge in [0.25, 0.3) is 0 Å². The van der Waals surface area contributed by atoms with E-state index in [0.29, 0.717) is 11.7 Å². The molecule has 0 bridgehead atoms. The van der Waals surface area contributed by atoms with Crippen molar-refractivity contribution >= 4 is 16.8 Å². The molecule has 1 N–H and O–H groups in total. The second kappa shape index (κ2) is 4.28. The number of nitrogens with zero attached hydrogens (tertiary/aromatic N) is 1. The molecule has 1 fully saturated rings. The van der Waals surface area contributed by atoms with E-state index in [-0.39, 0.29) is 22.5 Å². The molecule has 2 aliphatic rings. The Labute approximate surface area is 117 Å². The molecule has 0 amide bonds. The highest BCUT2D eigenvalue weighted by atomic mass is 32.2. The number of fused-ring (bicyclic) bond motifs is 3. The standard InChI is InChI=1S/C15H16N2OS/c1-15(2)11-8-18-12-6-4-3-5-9(12)13(11)10(7-16)14(17)19-15/h3-6,10-11,13,17H,8H2,1-2H3/t10-,11-,13+/m1/s1. The van der Waals surface area contributed by atoms with Crippen LogP contribution in [0.25, 0.3) is 0 Å². The first-order valence-corrected chi connectivity index (χ1v) is 7.25. The van der Waals surface area contributed by atoms with E-state index in [0.717, 1.165) is 11.3 Å². The van der Waals surface area contributed by atoms with Crippen molar-refractivity contribution in [3.8, 4) is 11.8 Å². The van der Waals surface area contributed by atoms with E-state index in [2.05, 4.69) is 19.9 Å². The van der Waals surface area contributed by atoms with Crippen molar-refractivity contribution in [3.05, 3.63) is 29.8 Å². The predicted octanol–water partition coefficient (Wildman–Crippen LogP) is 3.42. The molecular formula is C15H16N2OS. The van der Waals surface area contributed by atoms with Crippen LogP contribution in [0.15, 0.2) is 24.3 Å². The van der Waals surface area contributed by atoms with Crippen molar-refractivity contribution in [3.63, 3.8) is 0 Å². The van der Waals surface area contributed by atoms with E-state index in [9.17, 15) is 5.26 Å². The average Bonchev–Trinajstić information content (AvgIpc) is 2.38. The molecule has 1 saturated heterocycles. The van der Waals surface area contributed by atoms with Crippen molar-refractivity contribution < 1.29 is 4.74 Å². The lowest BCUT2D eigenvalue weighted by molar-refractivity contribution is 0.158. The Morgan fingerprint density at radius 1 is 1.42 bits per heavy atom. The SMILES string of the molecule is CC1(C)SC(=N)[C@H](C#N)[C@@H]2c3ccccc3OC[C@H]21. The van der Waals surface area contributed by atoms with E-state index in [1.54, 1.807) is 0 Å². The van der Waals surface area contributed by atoms with Gasteiger partial charge in [0, 0.05) is 16.6 Å². The van der Waals surface area contributed by atoms with Crippen molar-refractivity contribution in [2.45, 2.75) is 24.5 Å². The number of rotatable bonds is 0. The molecule has 0 spiro atoms. The van der Waals surface area contributed by atoms with Crippen LogP contribution in [-0.2, 0) is 0 Å². The Hall–Kier alpha value is -1.47. The Morgan fingerprint density at radius 2 is 2.16 bits per heavy atom. The summed E-state index contributed by atoms with van der Waals surface area (Å²) in [6.07, 6.45) is 0. The highest BCUT2D eigenvalue weighted by Gasteiger charge is 2.51. The fourth-order valence-electron chi connectivity index (χ4n) is 3.16.